The second kappa shape index (κ2) is 7.24. The first-order chi connectivity index (χ1) is 16.9. The minimum absolute atomic E-state index is 0.0526. The Labute approximate surface area is 203 Å². The van der Waals surface area contributed by atoms with E-state index in [1.54, 1.807) is 0 Å². The molecule has 4 aromatic rings. The zero-order chi connectivity index (χ0) is 27.0. The number of hydrogen-bond acceptors (Lipinski definition) is 4. The van der Waals surface area contributed by atoms with E-state index < -0.39 is 63.8 Å². The van der Waals surface area contributed by atoms with E-state index in [0.717, 1.165) is 17.0 Å². The Bertz CT molecular complexity index is 1570. The van der Waals surface area contributed by atoms with Crippen LogP contribution in [0.5, 0.6) is 0 Å². The van der Waals surface area contributed by atoms with Crippen LogP contribution in [0.4, 0.5) is 38.4 Å². The summed E-state index contributed by atoms with van der Waals surface area (Å²) < 4.78 is 111. The second-order valence-electron chi connectivity index (χ2n) is 8.83. The number of carbonyl (C=O) groups excluding carboxylic acids is 1. The summed E-state index contributed by atoms with van der Waals surface area (Å²) in [6.07, 6.45) is 0.976. The molecule has 3 heterocycles. The molecule has 1 saturated heterocycles. The largest absolute Gasteiger partial charge is 0.382 e. The van der Waals surface area contributed by atoms with Gasteiger partial charge in [0, 0.05) is 25.5 Å². The average molecular weight is 551 g/mol. The standard InChI is InChI=1S/C22H17F8N5OS/c23-15-8-16-17(35-11-32-10-19(35)20(31)33-16)7-14(15)21(36)34-6-5-22(24,25)9-18(34)12-1-3-13(4-2-12)37(26,27,28,29)30/h1-4,7-8,10-11,18H,5-6,9H2,(H2,31,33). The molecule has 1 aliphatic rings. The van der Waals surface area contributed by atoms with Crippen molar-refractivity contribution in [2.45, 2.75) is 29.7 Å². The molecule has 0 saturated carbocycles. The number of nitrogens with zero attached hydrogens (tertiary/aromatic N) is 4. The fraction of sp³-hybridized carbons (Fsp3) is 0.227. The summed E-state index contributed by atoms with van der Waals surface area (Å²) in [5, 5.41) is 0. The Morgan fingerprint density at radius 2 is 1.73 bits per heavy atom. The monoisotopic (exact) mass is 551 g/mol. The van der Waals surface area contributed by atoms with Gasteiger partial charge in [-0.2, -0.15) is 0 Å². The van der Waals surface area contributed by atoms with E-state index in [1.165, 1.54) is 16.9 Å². The predicted octanol–water partition coefficient (Wildman–Crippen LogP) is 6.87. The summed E-state index contributed by atoms with van der Waals surface area (Å²) in [6.45, 7) is -0.558. The fourth-order valence-electron chi connectivity index (χ4n) is 4.44. The van der Waals surface area contributed by atoms with Gasteiger partial charge in [0.25, 0.3) is 11.8 Å². The van der Waals surface area contributed by atoms with Crippen molar-refractivity contribution in [3.8, 4) is 0 Å². The van der Waals surface area contributed by atoms with Crippen LogP contribution >= 0.6 is 10.2 Å². The number of carbonyl (C=O) groups is 1. The molecule has 5 rings (SSSR count). The highest BCUT2D eigenvalue weighted by Gasteiger charge is 2.65. The number of nitrogen functional groups attached to an aromatic ring is 1. The summed E-state index contributed by atoms with van der Waals surface area (Å²) in [4.78, 5) is 20.1. The van der Waals surface area contributed by atoms with Gasteiger partial charge in [0.15, 0.2) is 0 Å². The van der Waals surface area contributed by atoms with E-state index in [9.17, 15) is 33.0 Å². The van der Waals surface area contributed by atoms with Crippen LogP contribution in [0.25, 0.3) is 16.6 Å². The lowest BCUT2D eigenvalue weighted by atomic mass is 9.92. The molecule has 0 bridgehead atoms. The number of halogens is 8. The highest BCUT2D eigenvalue weighted by Crippen LogP contribution is 3.02. The highest BCUT2D eigenvalue weighted by molar-refractivity contribution is 8.45. The Kier molecular flexibility index (Phi) is 4.90. The van der Waals surface area contributed by atoms with Crippen LogP contribution in [0.15, 0.2) is 53.8 Å². The van der Waals surface area contributed by atoms with Crippen molar-refractivity contribution >= 4 is 38.5 Å². The lowest BCUT2D eigenvalue weighted by Gasteiger charge is -2.42. The van der Waals surface area contributed by atoms with Crippen molar-refractivity contribution in [3.05, 3.63) is 65.9 Å². The Morgan fingerprint density at radius 3 is 2.38 bits per heavy atom. The molecule has 0 spiro atoms. The molecule has 15 heteroatoms. The van der Waals surface area contributed by atoms with Gasteiger partial charge in [-0.25, -0.2) is 23.1 Å². The predicted molar refractivity (Wildman–Crippen MR) is 121 cm³/mol. The van der Waals surface area contributed by atoms with Gasteiger partial charge in [-0.15, -0.1) is 0 Å². The topological polar surface area (TPSA) is 76.5 Å². The number of alkyl halides is 2. The average Bonchev–Trinajstić information content (AvgIpc) is 3.27. The van der Waals surface area contributed by atoms with E-state index in [-0.39, 0.29) is 34.5 Å². The van der Waals surface area contributed by atoms with Gasteiger partial charge < -0.3 is 10.6 Å². The summed E-state index contributed by atoms with van der Waals surface area (Å²) in [7, 11) is -10.00. The molecule has 1 atom stereocenters. The third kappa shape index (κ3) is 4.51. The van der Waals surface area contributed by atoms with Crippen molar-refractivity contribution in [1.29, 1.82) is 0 Å². The van der Waals surface area contributed by atoms with Crippen molar-refractivity contribution in [3.63, 3.8) is 0 Å². The molecule has 1 unspecified atom stereocenters. The zero-order valence-electron chi connectivity index (χ0n) is 18.5. The number of likely N-dealkylation sites (tertiary alicyclic amines) is 1. The summed E-state index contributed by atoms with van der Waals surface area (Å²) >= 11 is 0. The number of piperidine rings is 1. The van der Waals surface area contributed by atoms with Gasteiger partial charge in [0.05, 0.1) is 35.2 Å². The smallest absolute Gasteiger partial charge is 0.310 e. The molecule has 1 amide bonds. The van der Waals surface area contributed by atoms with Crippen LogP contribution in [0.3, 0.4) is 0 Å². The fourth-order valence-corrected chi connectivity index (χ4v) is 5.09. The van der Waals surface area contributed by atoms with Crippen molar-refractivity contribution in [2.24, 2.45) is 0 Å². The second-order valence-corrected chi connectivity index (χ2v) is 11.2. The third-order valence-electron chi connectivity index (χ3n) is 6.25. The third-order valence-corrected chi connectivity index (χ3v) is 7.42. The van der Waals surface area contributed by atoms with Gasteiger partial charge in [-0.3, -0.25) is 9.20 Å². The van der Waals surface area contributed by atoms with E-state index in [1.807, 2.05) is 0 Å². The molecular formula is C22H17F8N5OS. The first-order valence-corrected chi connectivity index (χ1v) is 12.6. The SMILES string of the molecule is Nc1nc2cc(F)c(C(=O)N3CCC(F)(F)CC3c3ccc(S(F)(F)(F)(F)F)cc3)cc2n2cncc12. The number of aromatic nitrogens is 3. The summed E-state index contributed by atoms with van der Waals surface area (Å²) in [6, 6.07) is 2.01. The number of amides is 1. The van der Waals surface area contributed by atoms with Gasteiger partial charge in [0.2, 0.25) is 0 Å². The molecule has 37 heavy (non-hydrogen) atoms. The van der Waals surface area contributed by atoms with E-state index >= 15 is 4.39 Å². The van der Waals surface area contributed by atoms with Gasteiger partial charge in [0.1, 0.15) is 22.0 Å². The Morgan fingerprint density at radius 1 is 1.05 bits per heavy atom. The minimum Gasteiger partial charge on any atom is -0.382 e. The molecule has 0 aliphatic carbocycles. The van der Waals surface area contributed by atoms with Gasteiger partial charge in [-0.05, 0) is 23.8 Å². The van der Waals surface area contributed by atoms with Crippen LogP contribution in [0.2, 0.25) is 0 Å². The lowest BCUT2D eigenvalue weighted by Crippen LogP contribution is -2.45. The van der Waals surface area contributed by atoms with Gasteiger partial charge >= 0.3 is 10.2 Å². The first-order valence-electron chi connectivity index (χ1n) is 10.7. The molecule has 0 radical (unpaired) electrons. The number of imidazole rings is 1. The molecular weight excluding hydrogens is 534 g/mol. The van der Waals surface area contributed by atoms with Crippen molar-refractivity contribution < 1.29 is 37.4 Å². The number of benzene rings is 2. The summed E-state index contributed by atoms with van der Waals surface area (Å²) in [5.74, 6) is -5.29. The van der Waals surface area contributed by atoms with Gasteiger partial charge in [-0.1, -0.05) is 31.6 Å². The van der Waals surface area contributed by atoms with Crippen LogP contribution < -0.4 is 5.73 Å². The molecule has 6 nitrogen and oxygen atoms in total. The number of nitrogens with two attached hydrogens (primary N) is 1. The lowest BCUT2D eigenvalue weighted by molar-refractivity contribution is -0.0708. The molecule has 2 aromatic carbocycles. The van der Waals surface area contributed by atoms with Crippen LogP contribution in [-0.2, 0) is 0 Å². The first kappa shape index (κ1) is 25.0. The number of fused-ring (bicyclic) bond motifs is 3. The van der Waals surface area contributed by atoms with E-state index in [0.29, 0.717) is 17.6 Å². The Hall–Kier alpha value is -3.62. The maximum absolute atomic E-state index is 15.0. The van der Waals surface area contributed by atoms with Crippen molar-refractivity contribution in [1.82, 2.24) is 19.3 Å². The molecule has 198 valence electrons. The zero-order valence-corrected chi connectivity index (χ0v) is 19.3. The minimum atomic E-state index is -10.00. The molecule has 1 aliphatic heterocycles. The quantitative estimate of drug-likeness (QED) is 0.282. The number of anilines is 1. The Balaban J connectivity index is 1.57. The van der Waals surface area contributed by atoms with Crippen molar-refractivity contribution in [2.75, 3.05) is 12.3 Å². The number of rotatable bonds is 3. The molecule has 2 aromatic heterocycles. The number of hydrogen-bond donors (Lipinski definition) is 1. The summed E-state index contributed by atoms with van der Waals surface area (Å²) in [5.41, 5.74) is 5.80. The normalized spacial score (nSPS) is 20.1. The van der Waals surface area contributed by atoms with Crippen LogP contribution in [0, 0.1) is 5.82 Å². The maximum Gasteiger partial charge on any atom is 0.310 e. The van der Waals surface area contributed by atoms with Crippen LogP contribution in [-0.4, -0.2) is 37.6 Å². The van der Waals surface area contributed by atoms with E-state index in [2.05, 4.69) is 9.97 Å². The highest BCUT2D eigenvalue weighted by atomic mass is 32.5. The van der Waals surface area contributed by atoms with E-state index in [4.69, 9.17) is 5.73 Å². The molecule has 2 N–H and O–H groups in total. The molecule has 1 fully saturated rings. The van der Waals surface area contributed by atoms with Crippen LogP contribution in [0.1, 0.15) is 34.8 Å². The maximum atomic E-state index is 15.0.